The summed E-state index contributed by atoms with van der Waals surface area (Å²) in [7, 11) is 3.11. The maximum atomic E-state index is 13.1. The molecule has 6 nitrogen and oxygen atoms in total. The second-order valence-electron chi connectivity index (χ2n) is 6.90. The van der Waals surface area contributed by atoms with Crippen molar-refractivity contribution in [2.45, 2.75) is 25.8 Å². The SMILES string of the molecule is COc1cc(OC)cc(C(=O)N2CSCC2C(=O)N2CCC(C)CC2)c1. The van der Waals surface area contributed by atoms with Gasteiger partial charge in [-0.1, -0.05) is 6.92 Å². The minimum atomic E-state index is -0.391. The van der Waals surface area contributed by atoms with Gasteiger partial charge in [-0.25, -0.2) is 0 Å². The zero-order chi connectivity index (χ0) is 18.7. The molecular weight excluding hydrogens is 352 g/mol. The maximum Gasteiger partial charge on any atom is 0.255 e. The van der Waals surface area contributed by atoms with Crippen molar-refractivity contribution in [3.8, 4) is 11.5 Å². The van der Waals surface area contributed by atoms with Crippen LogP contribution in [0.4, 0.5) is 0 Å². The topological polar surface area (TPSA) is 59.1 Å². The predicted octanol–water partition coefficient (Wildman–Crippen LogP) is 2.48. The molecule has 0 spiro atoms. The van der Waals surface area contributed by atoms with E-state index in [4.69, 9.17) is 9.47 Å². The van der Waals surface area contributed by atoms with Crippen molar-refractivity contribution in [3.05, 3.63) is 23.8 Å². The number of nitrogens with zero attached hydrogens (tertiary/aromatic N) is 2. The van der Waals surface area contributed by atoms with Crippen LogP contribution in [0.3, 0.4) is 0 Å². The molecule has 7 heteroatoms. The van der Waals surface area contributed by atoms with Crippen LogP contribution in [0, 0.1) is 5.92 Å². The number of likely N-dealkylation sites (tertiary alicyclic amines) is 1. The summed E-state index contributed by atoms with van der Waals surface area (Å²) in [5.41, 5.74) is 0.480. The molecule has 2 aliphatic heterocycles. The van der Waals surface area contributed by atoms with Crippen molar-refractivity contribution in [3.63, 3.8) is 0 Å². The molecule has 142 valence electrons. The maximum absolute atomic E-state index is 13.1. The first-order chi connectivity index (χ1) is 12.5. The number of methoxy groups -OCH3 is 2. The summed E-state index contributed by atoms with van der Waals surface area (Å²) >= 11 is 1.62. The summed E-state index contributed by atoms with van der Waals surface area (Å²) in [6, 6.07) is 4.72. The van der Waals surface area contributed by atoms with Crippen LogP contribution in [0.1, 0.15) is 30.1 Å². The monoisotopic (exact) mass is 378 g/mol. The van der Waals surface area contributed by atoms with Gasteiger partial charge in [0.05, 0.1) is 20.1 Å². The molecule has 0 radical (unpaired) electrons. The highest BCUT2D eigenvalue weighted by molar-refractivity contribution is 7.99. The third-order valence-corrected chi connectivity index (χ3v) is 6.13. The van der Waals surface area contributed by atoms with Gasteiger partial charge < -0.3 is 19.3 Å². The van der Waals surface area contributed by atoms with Gasteiger partial charge >= 0.3 is 0 Å². The number of hydrogen-bond donors (Lipinski definition) is 0. The number of hydrogen-bond acceptors (Lipinski definition) is 5. The molecule has 3 rings (SSSR count). The zero-order valence-electron chi connectivity index (χ0n) is 15.6. The van der Waals surface area contributed by atoms with E-state index in [-0.39, 0.29) is 11.8 Å². The Kier molecular flexibility index (Phi) is 5.96. The number of carbonyl (C=O) groups is 2. The second-order valence-corrected chi connectivity index (χ2v) is 7.90. The summed E-state index contributed by atoms with van der Waals surface area (Å²) in [4.78, 5) is 29.6. The molecule has 0 saturated carbocycles. The predicted molar refractivity (Wildman–Crippen MR) is 102 cm³/mol. The third kappa shape index (κ3) is 3.92. The third-order valence-electron chi connectivity index (χ3n) is 5.12. The van der Waals surface area contributed by atoms with E-state index < -0.39 is 6.04 Å². The highest BCUT2D eigenvalue weighted by Gasteiger charge is 2.38. The minimum absolute atomic E-state index is 0.0742. The molecule has 0 bridgehead atoms. The standard InChI is InChI=1S/C19H26N2O4S/c1-13-4-6-20(7-5-13)19(23)17-11-26-12-21(17)18(22)14-8-15(24-2)10-16(9-14)25-3/h8-10,13,17H,4-7,11-12H2,1-3H3. The molecule has 2 saturated heterocycles. The fraction of sp³-hybridized carbons (Fsp3) is 0.579. The summed E-state index contributed by atoms with van der Waals surface area (Å²) in [6.45, 7) is 3.80. The lowest BCUT2D eigenvalue weighted by atomic mass is 9.98. The lowest BCUT2D eigenvalue weighted by Gasteiger charge is -2.34. The van der Waals surface area contributed by atoms with E-state index in [1.807, 2.05) is 4.90 Å². The summed E-state index contributed by atoms with van der Waals surface area (Å²) < 4.78 is 10.5. The van der Waals surface area contributed by atoms with Gasteiger partial charge in [0.1, 0.15) is 17.5 Å². The van der Waals surface area contributed by atoms with Crippen molar-refractivity contribution in [2.75, 3.05) is 38.9 Å². The largest absolute Gasteiger partial charge is 0.497 e. The number of rotatable bonds is 4. The van der Waals surface area contributed by atoms with Gasteiger partial charge in [-0.05, 0) is 30.9 Å². The Bertz CT molecular complexity index is 651. The first-order valence-corrected chi connectivity index (χ1v) is 10.1. The van der Waals surface area contributed by atoms with Crippen LogP contribution < -0.4 is 9.47 Å². The number of piperidine rings is 1. The Labute approximate surface area is 158 Å². The Morgan fingerprint density at radius 1 is 1.08 bits per heavy atom. The van der Waals surface area contributed by atoms with Crippen LogP contribution >= 0.6 is 11.8 Å². The van der Waals surface area contributed by atoms with Crippen molar-refractivity contribution in [2.24, 2.45) is 5.92 Å². The van der Waals surface area contributed by atoms with Gasteiger partial charge in [0.25, 0.3) is 5.91 Å². The first kappa shape index (κ1) is 18.9. The lowest BCUT2D eigenvalue weighted by molar-refractivity contribution is -0.136. The average molecular weight is 378 g/mol. The number of thioether (sulfide) groups is 1. The average Bonchev–Trinajstić information content (AvgIpc) is 3.16. The molecule has 1 aromatic rings. The molecule has 1 atom stereocenters. The highest BCUT2D eigenvalue weighted by Crippen LogP contribution is 2.29. The molecule has 0 N–H and O–H groups in total. The van der Waals surface area contributed by atoms with Crippen LogP contribution in [-0.2, 0) is 4.79 Å². The highest BCUT2D eigenvalue weighted by atomic mass is 32.2. The molecule has 2 aliphatic rings. The van der Waals surface area contributed by atoms with E-state index in [9.17, 15) is 9.59 Å². The van der Waals surface area contributed by atoms with Crippen molar-refractivity contribution < 1.29 is 19.1 Å². The van der Waals surface area contributed by atoms with Crippen molar-refractivity contribution in [1.29, 1.82) is 0 Å². The van der Waals surface area contributed by atoms with Crippen LogP contribution in [0.2, 0.25) is 0 Å². The Morgan fingerprint density at radius 3 is 2.27 bits per heavy atom. The fourth-order valence-corrected chi connectivity index (χ4v) is 4.53. The summed E-state index contributed by atoms with van der Waals surface area (Å²) in [5, 5.41) is 0. The van der Waals surface area contributed by atoms with Crippen LogP contribution in [0.15, 0.2) is 18.2 Å². The smallest absolute Gasteiger partial charge is 0.255 e. The molecule has 1 aromatic carbocycles. The van der Waals surface area contributed by atoms with Crippen LogP contribution in [0.25, 0.3) is 0 Å². The minimum Gasteiger partial charge on any atom is -0.497 e. The molecule has 26 heavy (non-hydrogen) atoms. The normalized spacial score (nSPS) is 21.0. The zero-order valence-corrected chi connectivity index (χ0v) is 16.4. The van der Waals surface area contributed by atoms with Crippen molar-refractivity contribution >= 4 is 23.6 Å². The number of benzene rings is 1. The Morgan fingerprint density at radius 2 is 1.69 bits per heavy atom. The Balaban J connectivity index is 1.77. The number of ether oxygens (including phenoxy) is 2. The first-order valence-electron chi connectivity index (χ1n) is 8.94. The number of amides is 2. The molecule has 2 heterocycles. The van der Waals surface area contributed by atoms with Gasteiger partial charge in [-0.15, -0.1) is 11.8 Å². The lowest BCUT2D eigenvalue weighted by Crippen LogP contribution is -2.50. The van der Waals surface area contributed by atoms with E-state index in [2.05, 4.69) is 6.92 Å². The second kappa shape index (κ2) is 8.20. The summed E-state index contributed by atoms with van der Waals surface area (Å²) in [6.07, 6.45) is 2.07. The van der Waals surface area contributed by atoms with Gasteiger partial charge in [0, 0.05) is 30.5 Å². The summed E-state index contributed by atoms with van der Waals surface area (Å²) in [5.74, 6) is 2.89. The molecule has 2 fully saturated rings. The number of carbonyl (C=O) groups excluding carboxylic acids is 2. The molecule has 1 unspecified atom stereocenters. The molecule has 2 amide bonds. The van der Waals surface area contributed by atoms with Crippen LogP contribution in [0.5, 0.6) is 11.5 Å². The van der Waals surface area contributed by atoms with Gasteiger partial charge in [0.15, 0.2) is 0 Å². The fourth-order valence-electron chi connectivity index (χ4n) is 3.38. The van der Waals surface area contributed by atoms with E-state index in [1.165, 1.54) is 0 Å². The Hall–Kier alpha value is -1.89. The molecular formula is C19H26N2O4S. The van der Waals surface area contributed by atoms with Crippen molar-refractivity contribution in [1.82, 2.24) is 9.80 Å². The molecule has 0 aromatic heterocycles. The van der Waals surface area contributed by atoms with Gasteiger partial charge in [-0.2, -0.15) is 0 Å². The molecule has 0 aliphatic carbocycles. The van der Waals surface area contributed by atoms with E-state index in [0.29, 0.717) is 34.6 Å². The van der Waals surface area contributed by atoms with E-state index in [1.54, 1.807) is 49.1 Å². The van der Waals surface area contributed by atoms with E-state index >= 15 is 0 Å². The van der Waals surface area contributed by atoms with Gasteiger partial charge in [0.2, 0.25) is 5.91 Å². The quantitative estimate of drug-likeness (QED) is 0.806. The van der Waals surface area contributed by atoms with Crippen LogP contribution in [-0.4, -0.2) is 66.6 Å². The van der Waals surface area contributed by atoms with E-state index in [0.717, 1.165) is 25.9 Å². The van der Waals surface area contributed by atoms with Gasteiger partial charge in [-0.3, -0.25) is 9.59 Å².